The van der Waals surface area contributed by atoms with Crippen molar-refractivity contribution in [3.05, 3.63) is 35.4 Å². The molecule has 0 bridgehead atoms. The molecule has 1 aromatic carbocycles. The molecule has 94 valence electrons. The molecule has 0 unspecified atom stereocenters. The first-order valence-electron chi connectivity index (χ1n) is 5.55. The third-order valence-electron chi connectivity index (χ3n) is 2.39. The van der Waals surface area contributed by atoms with Gasteiger partial charge in [0.15, 0.2) is 5.78 Å². The average molecular weight is 245 g/mol. The van der Waals surface area contributed by atoms with Crippen LogP contribution in [-0.2, 0) is 4.74 Å². The van der Waals surface area contributed by atoms with Gasteiger partial charge in [-0.2, -0.15) is 5.26 Å². The van der Waals surface area contributed by atoms with Gasteiger partial charge in [0.1, 0.15) is 6.61 Å². The average Bonchev–Trinajstić information content (AvgIpc) is 2.36. The topological polar surface area (TPSA) is 67.2 Å². The Bertz CT molecular complexity index is 495. The van der Waals surface area contributed by atoms with E-state index >= 15 is 0 Å². The third kappa shape index (κ3) is 3.70. The standard InChI is InChI=1S/C14H15NO3/c1-10(16)11-4-6-12(7-5-11)13(17)18-9-14(2,3)8-15/h4-7H,9H2,1-3H3. The maximum atomic E-state index is 11.7. The zero-order valence-corrected chi connectivity index (χ0v) is 10.7. The maximum absolute atomic E-state index is 11.7. The molecule has 1 aromatic rings. The Morgan fingerprint density at radius 1 is 1.22 bits per heavy atom. The zero-order chi connectivity index (χ0) is 13.8. The Kier molecular flexibility index (Phi) is 4.22. The van der Waals surface area contributed by atoms with Crippen molar-refractivity contribution in [2.75, 3.05) is 6.61 Å². The maximum Gasteiger partial charge on any atom is 0.338 e. The highest BCUT2D eigenvalue weighted by Crippen LogP contribution is 2.15. The van der Waals surface area contributed by atoms with Gasteiger partial charge in [0, 0.05) is 5.56 Å². The Morgan fingerprint density at radius 3 is 2.17 bits per heavy atom. The number of hydrogen-bond donors (Lipinski definition) is 0. The van der Waals surface area contributed by atoms with Gasteiger partial charge in [-0.3, -0.25) is 4.79 Å². The van der Waals surface area contributed by atoms with E-state index < -0.39 is 11.4 Å². The highest BCUT2D eigenvalue weighted by molar-refractivity contribution is 5.96. The van der Waals surface area contributed by atoms with Crippen LogP contribution in [-0.4, -0.2) is 18.4 Å². The van der Waals surface area contributed by atoms with Crippen LogP contribution in [0.1, 0.15) is 41.5 Å². The molecule has 0 aliphatic heterocycles. The van der Waals surface area contributed by atoms with Crippen LogP contribution in [0.4, 0.5) is 0 Å². The molecule has 0 heterocycles. The molecule has 4 heteroatoms. The first-order valence-corrected chi connectivity index (χ1v) is 5.55. The highest BCUT2D eigenvalue weighted by atomic mass is 16.5. The summed E-state index contributed by atoms with van der Waals surface area (Å²) in [5.41, 5.74) is 0.215. The molecular weight excluding hydrogens is 230 g/mol. The molecule has 18 heavy (non-hydrogen) atoms. The number of carbonyl (C=O) groups is 2. The van der Waals surface area contributed by atoms with E-state index in [1.807, 2.05) is 0 Å². The summed E-state index contributed by atoms with van der Waals surface area (Å²) in [5, 5.41) is 8.80. The largest absolute Gasteiger partial charge is 0.460 e. The number of hydrogen-bond acceptors (Lipinski definition) is 4. The molecule has 1 rings (SSSR count). The summed E-state index contributed by atoms with van der Waals surface area (Å²) in [4.78, 5) is 22.7. The first-order chi connectivity index (χ1) is 8.35. The van der Waals surface area contributed by atoms with Crippen LogP contribution in [0.2, 0.25) is 0 Å². The second-order valence-electron chi connectivity index (χ2n) is 4.71. The van der Waals surface area contributed by atoms with Crippen molar-refractivity contribution >= 4 is 11.8 Å². The molecule has 0 N–H and O–H groups in total. The number of ketones is 1. The Balaban J connectivity index is 2.69. The van der Waals surface area contributed by atoms with Crippen LogP contribution in [0.5, 0.6) is 0 Å². The second kappa shape index (κ2) is 5.46. The van der Waals surface area contributed by atoms with Crippen LogP contribution >= 0.6 is 0 Å². The normalized spacial score (nSPS) is 10.6. The lowest BCUT2D eigenvalue weighted by Gasteiger charge is -2.14. The molecule has 0 aliphatic rings. The molecule has 0 spiro atoms. The van der Waals surface area contributed by atoms with Gasteiger partial charge in [0.2, 0.25) is 0 Å². The quantitative estimate of drug-likeness (QED) is 0.604. The Labute approximate surface area is 106 Å². The van der Waals surface area contributed by atoms with Gasteiger partial charge in [0.05, 0.1) is 17.0 Å². The number of rotatable bonds is 4. The van der Waals surface area contributed by atoms with Crippen molar-refractivity contribution in [2.24, 2.45) is 5.41 Å². The molecule has 0 saturated heterocycles. The van der Waals surface area contributed by atoms with Crippen LogP contribution in [0.25, 0.3) is 0 Å². The smallest absolute Gasteiger partial charge is 0.338 e. The van der Waals surface area contributed by atoms with Crippen molar-refractivity contribution in [3.8, 4) is 6.07 Å². The van der Waals surface area contributed by atoms with Gasteiger partial charge in [-0.15, -0.1) is 0 Å². The fourth-order valence-electron chi connectivity index (χ4n) is 1.20. The van der Waals surface area contributed by atoms with Crippen LogP contribution in [0.3, 0.4) is 0 Å². The van der Waals surface area contributed by atoms with Gasteiger partial charge in [-0.05, 0) is 32.9 Å². The van der Waals surface area contributed by atoms with Crippen molar-refractivity contribution < 1.29 is 14.3 Å². The monoisotopic (exact) mass is 245 g/mol. The van der Waals surface area contributed by atoms with E-state index in [0.29, 0.717) is 11.1 Å². The summed E-state index contributed by atoms with van der Waals surface area (Å²) in [6.07, 6.45) is 0. The fourth-order valence-corrected chi connectivity index (χ4v) is 1.20. The van der Waals surface area contributed by atoms with Gasteiger partial charge >= 0.3 is 5.97 Å². The third-order valence-corrected chi connectivity index (χ3v) is 2.39. The molecule has 4 nitrogen and oxygen atoms in total. The van der Waals surface area contributed by atoms with Crippen molar-refractivity contribution in [1.29, 1.82) is 5.26 Å². The van der Waals surface area contributed by atoms with E-state index in [-0.39, 0.29) is 12.4 Å². The van der Waals surface area contributed by atoms with Gasteiger partial charge < -0.3 is 4.74 Å². The lowest BCUT2D eigenvalue weighted by molar-refractivity contribution is 0.0407. The minimum Gasteiger partial charge on any atom is -0.460 e. The Hall–Kier alpha value is -2.15. The van der Waals surface area contributed by atoms with Gasteiger partial charge in [0.25, 0.3) is 0 Å². The van der Waals surface area contributed by atoms with Crippen LogP contribution in [0, 0.1) is 16.7 Å². The molecule has 0 atom stereocenters. The molecular formula is C14H15NO3. The highest BCUT2D eigenvalue weighted by Gasteiger charge is 2.20. The van der Waals surface area contributed by atoms with Crippen molar-refractivity contribution in [3.63, 3.8) is 0 Å². The summed E-state index contributed by atoms with van der Waals surface area (Å²) in [6, 6.07) is 8.29. The van der Waals surface area contributed by atoms with E-state index in [0.717, 1.165) is 0 Å². The minimum absolute atomic E-state index is 0.0385. The fraction of sp³-hybridized carbons (Fsp3) is 0.357. The van der Waals surface area contributed by atoms with Gasteiger partial charge in [-0.1, -0.05) is 12.1 Å². The van der Waals surface area contributed by atoms with Gasteiger partial charge in [-0.25, -0.2) is 4.79 Å². The summed E-state index contributed by atoms with van der Waals surface area (Å²) >= 11 is 0. The zero-order valence-electron chi connectivity index (χ0n) is 10.7. The van der Waals surface area contributed by atoms with Crippen LogP contribution in [0.15, 0.2) is 24.3 Å². The minimum atomic E-state index is -0.699. The number of benzene rings is 1. The van der Waals surface area contributed by atoms with E-state index in [9.17, 15) is 9.59 Å². The SMILES string of the molecule is CC(=O)c1ccc(C(=O)OCC(C)(C)C#N)cc1. The van der Waals surface area contributed by atoms with Crippen molar-refractivity contribution in [2.45, 2.75) is 20.8 Å². The molecule has 0 amide bonds. The van der Waals surface area contributed by atoms with Crippen LogP contribution < -0.4 is 0 Å². The number of esters is 1. The van der Waals surface area contributed by atoms with E-state index in [1.165, 1.54) is 6.92 Å². The summed E-state index contributed by atoms with van der Waals surface area (Å²) < 4.78 is 5.04. The second-order valence-corrected chi connectivity index (χ2v) is 4.71. The van der Waals surface area contributed by atoms with Crippen molar-refractivity contribution in [1.82, 2.24) is 0 Å². The lowest BCUT2D eigenvalue weighted by atomic mass is 9.98. The van der Waals surface area contributed by atoms with E-state index in [2.05, 4.69) is 6.07 Å². The molecule has 0 fully saturated rings. The lowest BCUT2D eigenvalue weighted by Crippen LogP contribution is -2.20. The molecule has 0 aliphatic carbocycles. The van der Waals surface area contributed by atoms with E-state index in [1.54, 1.807) is 38.1 Å². The number of nitrogens with zero attached hydrogens (tertiary/aromatic N) is 1. The number of carbonyl (C=O) groups excluding carboxylic acids is 2. The van der Waals surface area contributed by atoms with E-state index in [4.69, 9.17) is 10.00 Å². The molecule has 0 saturated carbocycles. The first kappa shape index (κ1) is 13.9. The number of Topliss-reactive ketones (excluding diaryl/α,β-unsaturated/α-hetero) is 1. The molecule has 0 radical (unpaired) electrons. The summed E-state index contributed by atoms with van der Waals surface area (Å²) in [7, 11) is 0. The summed E-state index contributed by atoms with van der Waals surface area (Å²) in [5.74, 6) is -0.547. The predicted octanol–water partition coefficient (Wildman–Crippen LogP) is 2.60. The molecule has 0 aromatic heterocycles. The Morgan fingerprint density at radius 2 is 1.72 bits per heavy atom. The predicted molar refractivity (Wildman–Crippen MR) is 66.1 cm³/mol. The summed E-state index contributed by atoms with van der Waals surface area (Å²) in [6.45, 7) is 4.89. The number of ether oxygens (including phenoxy) is 1. The number of nitriles is 1.